The zero-order valence-electron chi connectivity index (χ0n) is 16.0. The first kappa shape index (κ1) is 23.4. The lowest BCUT2D eigenvalue weighted by molar-refractivity contribution is -0.131. The minimum atomic E-state index is -1.08. The van der Waals surface area contributed by atoms with Gasteiger partial charge in [-0.3, -0.25) is 5.32 Å². The van der Waals surface area contributed by atoms with Gasteiger partial charge in [0.1, 0.15) is 0 Å². The maximum Gasteiger partial charge on any atom is 0.412 e. The van der Waals surface area contributed by atoms with Gasteiger partial charge < -0.3 is 19.7 Å². The van der Waals surface area contributed by atoms with Crippen molar-refractivity contribution in [3.63, 3.8) is 0 Å². The predicted molar refractivity (Wildman–Crippen MR) is 112 cm³/mol. The molecule has 3 N–H and O–H groups in total. The zero-order chi connectivity index (χ0) is 22.1. The number of methoxy groups -OCH3 is 1. The van der Waals surface area contributed by atoms with Crippen LogP contribution >= 0.6 is 15.9 Å². The molecule has 0 unspecified atom stereocenters. The highest BCUT2D eigenvalue weighted by Gasteiger charge is 2.28. The van der Waals surface area contributed by atoms with Crippen molar-refractivity contribution in [3.05, 3.63) is 70.5 Å². The highest BCUT2D eigenvalue weighted by Crippen LogP contribution is 2.30. The molecule has 1 amide bonds. The van der Waals surface area contributed by atoms with Crippen molar-refractivity contribution in [2.24, 2.45) is 0 Å². The number of phenols is 1. The van der Waals surface area contributed by atoms with Crippen molar-refractivity contribution in [3.8, 4) is 5.75 Å². The molecule has 0 aromatic heterocycles. The van der Waals surface area contributed by atoms with E-state index in [4.69, 9.17) is 14.6 Å². The van der Waals surface area contributed by atoms with E-state index in [1.54, 1.807) is 24.3 Å². The van der Waals surface area contributed by atoms with E-state index in [9.17, 15) is 19.1 Å². The van der Waals surface area contributed by atoms with Crippen LogP contribution in [0.4, 0.5) is 14.9 Å². The standard InChI is InChI=1S/C21H21BrFNO6/c1-29-18(4-2-3-5-19(26)27)20(13-6-11-17(25)16(23)12-13)30-21(28)24-15-9-7-14(22)8-10-15/h3,5-12,18,20,25H,2,4H2,1H3,(H,24,28)(H,26,27)/b5-3+/t18-,20-/m0/s1. The lowest BCUT2D eigenvalue weighted by Crippen LogP contribution is -2.28. The third kappa shape index (κ3) is 7.16. The Hall–Kier alpha value is -2.91. The summed E-state index contributed by atoms with van der Waals surface area (Å²) in [6.45, 7) is 0. The highest BCUT2D eigenvalue weighted by molar-refractivity contribution is 9.10. The predicted octanol–water partition coefficient (Wildman–Crippen LogP) is 5.02. The van der Waals surface area contributed by atoms with Gasteiger partial charge >= 0.3 is 12.1 Å². The molecule has 9 heteroatoms. The second kappa shape index (κ2) is 11.3. The van der Waals surface area contributed by atoms with Gasteiger partial charge in [0, 0.05) is 23.3 Å². The molecule has 0 aliphatic carbocycles. The number of amides is 1. The van der Waals surface area contributed by atoms with Crippen LogP contribution in [0.5, 0.6) is 5.75 Å². The Morgan fingerprint density at radius 3 is 2.53 bits per heavy atom. The van der Waals surface area contributed by atoms with Gasteiger partial charge in [-0.05, 0) is 54.8 Å². The van der Waals surface area contributed by atoms with Gasteiger partial charge in [0.15, 0.2) is 17.7 Å². The average Bonchev–Trinajstić information content (AvgIpc) is 2.70. The molecule has 0 saturated heterocycles. The van der Waals surface area contributed by atoms with Crippen LogP contribution in [-0.2, 0) is 14.3 Å². The van der Waals surface area contributed by atoms with Crippen LogP contribution in [0.25, 0.3) is 0 Å². The second-order valence-electron chi connectivity index (χ2n) is 6.26. The summed E-state index contributed by atoms with van der Waals surface area (Å²) in [4.78, 5) is 23.1. The number of carbonyl (C=O) groups is 2. The zero-order valence-corrected chi connectivity index (χ0v) is 17.6. The molecule has 2 rings (SSSR count). The van der Waals surface area contributed by atoms with Crippen LogP contribution in [0.15, 0.2) is 59.1 Å². The molecule has 160 valence electrons. The number of carbonyl (C=O) groups excluding carboxylic acids is 1. The van der Waals surface area contributed by atoms with Crippen molar-refractivity contribution in [2.75, 3.05) is 12.4 Å². The summed E-state index contributed by atoms with van der Waals surface area (Å²) < 4.78 is 25.7. The molecule has 0 saturated carbocycles. The Morgan fingerprint density at radius 2 is 1.93 bits per heavy atom. The van der Waals surface area contributed by atoms with Crippen LogP contribution in [0.3, 0.4) is 0 Å². The number of hydrogen-bond donors (Lipinski definition) is 3. The van der Waals surface area contributed by atoms with E-state index in [1.807, 2.05) is 0 Å². The Balaban J connectivity index is 2.20. The first-order valence-corrected chi connectivity index (χ1v) is 9.73. The van der Waals surface area contributed by atoms with Crippen molar-refractivity contribution in [2.45, 2.75) is 25.0 Å². The van der Waals surface area contributed by atoms with Gasteiger partial charge in [-0.1, -0.05) is 28.1 Å². The fourth-order valence-corrected chi connectivity index (χ4v) is 2.96. The van der Waals surface area contributed by atoms with Gasteiger partial charge in [0.05, 0.1) is 6.10 Å². The summed E-state index contributed by atoms with van der Waals surface area (Å²) in [5.74, 6) is -2.48. The monoisotopic (exact) mass is 481 g/mol. The summed E-state index contributed by atoms with van der Waals surface area (Å²) >= 11 is 3.30. The number of allylic oxidation sites excluding steroid dienone is 1. The van der Waals surface area contributed by atoms with Crippen LogP contribution in [-0.4, -0.2) is 35.5 Å². The number of halogens is 2. The minimum absolute atomic E-state index is 0.283. The molecule has 2 aromatic rings. The Bertz CT molecular complexity index is 903. The Morgan fingerprint density at radius 1 is 1.23 bits per heavy atom. The highest BCUT2D eigenvalue weighted by atomic mass is 79.9. The third-order valence-electron chi connectivity index (χ3n) is 4.14. The topological polar surface area (TPSA) is 105 Å². The fraction of sp³-hybridized carbons (Fsp3) is 0.238. The molecule has 0 radical (unpaired) electrons. The van der Waals surface area contributed by atoms with Gasteiger partial charge in [-0.25, -0.2) is 14.0 Å². The Kier molecular flexibility index (Phi) is 8.82. The first-order valence-electron chi connectivity index (χ1n) is 8.94. The van der Waals surface area contributed by atoms with Crippen LogP contribution in [0.1, 0.15) is 24.5 Å². The lowest BCUT2D eigenvalue weighted by Gasteiger charge is -2.26. The third-order valence-corrected chi connectivity index (χ3v) is 4.67. The molecule has 0 aliphatic rings. The molecule has 0 fully saturated rings. The van der Waals surface area contributed by atoms with E-state index < -0.39 is 35.8 Å². The number of anilines is 1. The SMILES string of the molecule is CO[C@@H](CC/C=C/C(=O)O)[C@@H](OC(=O)Nc1ccc(Br)cc1)c1ccc(O)c(F)c1. The van der Waals surface area contributed by atoms with E-state index in [2.05, 4.69) is 21.2 Å². The normalized spacial score (nSPS) is 13.0. The van der Waals surface area contributed by atoms with Crippen molar-refractivity contribution >= 4 is 33.7 Å². The second-order valence-corrected chi connectivity index (χ2v) is 7.18. The molecule has 0 spiro atoms. The van der Waals surface area contributed by atoms with E-state index in [-0.39, 0.29) is 5.56 Å². The average molecular weight is 482 g/mol. The molecular formula is C21H21BrFNO6. The smallest absolute Gasteiger partial charge is 0.412 e. The number of phenolic OH excluding ortho intramolecular Hbond substituents is 1. The van der Waals surface area contributed by atoms with E-state index >= 15 is 0 Å². The van der Waals surface area contributed by atoms with Gasteiger partial charge in [-0.15, -0.1) is 0 Å². The number of carboxylic acids is 1. The van der Waals surface area contributed by atoms with Crippen molar-refractivity contribution in [1.29, 1.82) is 0 Å². The van der Waals surface area contributed by atoms with Gasteiger partial charge in [0.25, 0.3) is 0 Å². The Labute approximate surface area is 181 Å². The van der Waals surface area contributed by atoms with Crippen molar-refractivity contribution in [1.82, 2.24) is 0 Å². The first-order chi connectivity index (χ1) is 14.3. The van der Waals surface area contributed by atoms with Crippen molar-refractivity contribution < 1.29 is 33.7 Å². The number of aliphatic carboxylic acids is 1. The molecule has 2 atom stereocenters. The van der Waals surface area contributed by atoms with Crippen LogP contribution < -0.4 is 5.32 Å². The van der Waals surface area contributed by atoms with Gasteiger partial charge in [-0.2, -0.15) is 0 Å². The number of benzene rings is 2. The quantitative estimate of drug-likeness (QED) is 0.434. The van der Waals surface area contributed by atoms with Crippen LogP contribution in [0.2, 0.25) is 0 Å². The summed E-state index contributed by atoms with van der Waals surface area (Å²) in [5.41, 5.74) is 0.780. The van der Waals surface area contributed by atoms with E-state index in [0.29, 0.717) is 18.5 Å². The van der Waals surface area contributed by atoms with E-state index in [0.717, 1.165) is 22.7 Å². The van der Waals surface area contributed by atoms with Gasteiger partial charge in [0.2, 0.25) is 0 Å². The van der Waals surface area contributed by atoms with Crippen LogP contribution in [0, 0.1) is 5.82 Å². The molecule has 0 aliphatic heterocycles. The molecule has 30 heavy (non-hydrogen) atoms. The number of hydrogen-bond acceptors (Lipinski definition) is 5. The molecule has 7 nitrogen and oxygen atoms in total. The maximum absolute atomic E-state index is 13.9. The summed E-state index contributed by atoms with van der Waals surface area (Å²) in [6, 6.07) is 10.5. The number of carboxylic acid groups (broad SMARTS) is 1. The molecule has 0 bridgehead atoms. The number of ether oxygens (including phenoxy) is 2. The molecule has 2 aromatic carbocycles. The largest absolute Gasteiger partial charge is 0.505 e. The summed E-state index contributed by atoms with van der Waals surface area (Å²) in [7, 11) is 1.41. The molecular weight excluding hydrogens is 461 g/mol. The lowest BCUT2D eigenvalue weighted by atomic mass is 10.00. The van der Waals surface area contributed by atoms with E-state index in [1.165, 1.54) is 19.3 Å². The number of aromatic hydroxyl groups is 1. The minimum Gasteiger partial charge on any atom is -0.505 e. The maximum atomic E-state index is 13.9. The summed E-state index contributed by atoms with van der Waals surface area (Å²) in [5, 5.41) is 20.7. The molecule has 0 heterocycles. The fourth-order valence-electron chi connectivity index (χ4n) is 2.69. The number of nitrogens with one attached hydrogen (secondary N) is 1. The number of rotatable bonds is 9. The summed E-state index contributed by atoms with van der Waals surface area (Å²) in [6.07, 6.45) is 0.618.